The van der Waals surface area contributed by atoms with Crippen molar-refractivity contribution in [1.29, 1.82) is 0 Å². The van der Waals surface area contributed by atoms with Crippen molar-refractivity contribution in [3.8, 4) is 5.69 Å². The van der Waals surface area contributed by atoms with E-state index in [-0.39, 0.29) is 5.97 Å². The smallest absolute Gasteiger partial charge is 0.338 e. The molecule has 0 bridgehead atoms. The summed E-state index contributed by atoms with van der Waals surface area (Å²) < 4.78 is 7.22. The van der Waals surface area contributed by atoms with E-state index in [1.54, 1.807) is 0 Å². The lowest BCUT2D eigenvalue weighted by atomic mass is 10.0. The molecule has 2 aliphatic rings. The Bertz CT molecular complexity index is 1070. The number of carbonyl (C=O) groups is 1. The van der Waals surface area contributed by atoms with Crippen molar-refractivity contribution in [3.05, 3.63) is 87.7 Å². The van der Waals surface area contributed by atoms with Crippen LogP contribution in [0.4, 0.5) is 0 Å². The Hall–Kier alpha value is -2.85. The maximum absolute atomic E-state index is 11.7. The van der Waals surface area contributed by atoms with Crippen LogP contribution in [0.3, 0.4) is 0 Å². The summed E-state index contributed by atoms with van der Waals surface area (Å²) in [4.78, 5) is 16.5. The first-order valence-corrected chi connectivity index (χ1v) is 8.40. The van der Waals surface area contributed by atoms with Crippen LogP contribution in [-0.4, -0.2) is 16.2 Å². The van der Waals surface area contributed by atoms with E-state index in [1.165, 1.54) is 0 Å². The summed E-state index contributed by atoms with van der Waals surface area (Å²) in [5.74, 6) is -0.257. The predicted octanol–water partition coefficient (Wildman–Crippen LogP) is 4.15. The lowest BCUT2D eigenvalue weighted by Gasteiger charge is -2.11. The average Bonchev–Trinajstić information content (AvgIpc) is 3.20. The van der Waals surface area contributed by atoms with Gasteiger partial charge in [0.05, 0.1) is 29.2 Å². The van der Waals surface area contributed by atoms with E-state index in [0.29, 0.717) is 18.7 Å². The van der Waals surface area contributed by atoms with Crippen LogP contribution in [0.5, 0.6) is 0 Å². The van der Waals surface area contributed by atoms with E-state index in [9.17, 15) is 4.79 Å². The quantitative estimate of drug-likeness (QED) is 0.620. The summed E-state index contributed by atoms with van der Waals surface area (Å²) in [6.45, 7) is 0.834. The Labute approximate surface area is 149 Å². The minimum atomic E-state index is -0.257. The van der Waals surface area contributed by atoms with E-state index >= 15 is 0 Å². The molecule has 0 aliphatic carbocycles. The topological polar surface area (TPSA) is 43.6 Å². The van der Waals surface area contributed by atoms with Crippen LogP contribution in [0.1, 0.15) is 32.7 Å². The third kappa shape index (κ3) is 2.14. The Kier molecular flexibility index (Phi) is 3.09. The minimum Gasteiger partial charge on any atom is -0.457 e. The second-order valence-corrected chi connectivity index (χ2v) is 6.52. The molecule has 0 spiro atoms. The molecule has 4 nitrogen and oxygen atoms in total. The third-order valence-electron chi connectivity index (χ3n) is 4.70. The van der Waals surface area contributed by atoms with Gasteiger partial charge in [-0.05, 0) is 36.4 Å². The molecule has 0 atom stereocenters. The molecule has 5 rings (SSSR count). The number of fused-ring (bicyclic) bond motifs is 4. The van der Waals surface area contributed by atoms with E-state index in [0.717, 1.165) is 38.8 Å². The van der Waals surface area contributed by atoms with E-state index < -0.39 is 0 Å². The van der Waals surface area contributed by atoms with Gasteiger partial charge < -0.3 is 9.30 Å². The number of nitrogens with zero attached hydrogens (tertiary/aromatic N) is 2. The lowest BCUT2D eigenvalue weighted by molar-refractivity contribution is 0.0535. The number of halogens is 1. The fraction of sp³-hybridized carbons (Fsp3) is 0.100. The van der Waals surface area contributed by atoms with Crippen molar-refractivity contribution >= 4 is 23.3 Å². The Morgan fingerprint density at radius 1 is 1.12 bits per heavy atom. The van der Waals surface area contributed by atoms with Crippen LogP contribution in [0.2, 0.25) is 5.02 Å². The zero-order valence-electron chi connectivity index (χ0n) is 13.2. The Morgan fingerprint density at radius 3 is 2.96 bits per heavy atom. The maximum Gasteiger partial charge on any atom is 0.338 e. The van der Waals surface area contributed by atoms with Gasteiger partial charge in [0, 0.05) is 27.9 Å². The normalized spacial score (nSPS) is 14.9. The zero-order valence-corrected chi connectivity index (χ0v) is 14.0. The van der Waals surface area contributed by atoms with Crippen LogP contribution in [-0.2, 0) is 17.9 Å². The summed E-state index contributed by atoms with van der Waals surface area (Å²) in [5, 5.41) is 0.718. The van der Waals surface area contributed by atoms with Crippen molar-refractivity contribution in [2.24, 2.45) is 4.99 Å². The van der Waals surface area contributed by atoms with Gasteiger partial charge in [0.2, 0.25) is 0 Å². The van der Waals surface area contributed by atoms with Gasteiger partial charge in [-0.15, -0.1) is 0 Å². The predicted molar refractivity (Wildman–Crippen MR) is 95.7 cm³/mol. The standard InChI is InChI=1S/C20H13ClN2O2/c21-16-3-1-4-17-15(16)10-22-19(18-5-2-8-23(17)18)12-6-7-14-13(9-12)11-25-20(14)24/h1-9H,10-11H2. The fourth-order valence-corrected chi connectivity index (χ4v) is 3.70. The molecule has 0 saturated heterocycles. The number of esters is 1. The Morgan fingerprint density at radius 2 is 2.04 bits per heavy atom. The second kappa shape index (κ2) is 5.33. The highest BCUT2D eigenvalue weighted by Gasteiger charge is 2.24. The zero-order chi connectivity index (χ0) is 17.0. The van der Waals surface area contributed by atoms with Crippen molar-refractivity contribution in [3.63, 3.8) is 0 Å². The maximum atomic E-state index is 11.7. The van der Waals surface area contributed by atoms with Crippen LogP contribution < -0.4 is 0 Å². The molecule has 0 radical (unpaired) electrons. The molecular formula is C20H13ClN2O2. The van der Waals surface area contributed by atoms with Gasteiger partial charge in [0.1, 0.15) is 6.61 Å². The third-order valence-corrected chi connectivity index (χ3v) is 5.05. The molecule has 2 aliphatic heterocycles. The van der Waals surface area contributed by atoms with Gasteiger partial charge in [0.15, 0.2) is 0 Å². The molecule has 3 aromatic rings. The number of hydrogen-bond donors (Lipinski definition) is 0. The second-order valence-electron chi connectivity index (χ2n) is 6.11. The summed E-state index contributed by atoms with van der Waals surface area (Å²) >= 11 is 6.40. The number of benzene rings is 2. The number of aliphatic imine (C=N–C) groups is 1. The van der Waals surface area contributed by atoms with Crippen LogP contribution >= 0.6 is 11.6 Å². The minimum absolute atomic E-state index is 0.257. The highest BCUT2D eigenvalue weighted by molar-refractivity contribution is 6.31. The monoisotopic (exact) mass is 348 g/mol. The highest BCUT2D eigenvalue weighted by atomic mass is 35.5. The highest BCUT2D eigenvalue weighted by Crippen LogP contribution is 2.30. The number of carbonyl (C=O) groups excluding carboxylic acids is 1. The van der Waals surface area contributed by atoms with Gasteiger partial charge in [-0.25, -0.2) is 4.79 Å². The molecular weight excluding hydrogens is 336 g/mol. The van der Waals surface area contributed by atoms with E-state index in [1.807, 2.05) is 48.7 Å². The number of hydrogen-bond acceptors (Lipinski definition) is 3. The summed E-state index contributed by atoms with van der Waals surface area (Å²) in [6, 6.07) is 15.7. The first-order chi connectivity index (χ1) is 12.2. The van der Waals surface area contributed by atoms with Gasteiger partial charge in [-0.1, -0.05) is 23.7 Å². The molecule has 0 N–H and O–H groups in total. The van der Waals surface area contributed by atoms with Crippen molar-refractivity contribution in [2.45, 2.75) is 13.2 Å². The van der Waals surface area contributed by atoms with Gasteiger partial charge >= 0.3 is 5.97 Å². The molecule has 0 fully saturated rings. The SMILES string of the molecule is O=C1OCc2cc(C3=NCc4c(Cl)cccc4-n4cccc43)ccc21. The first-order valence-electron chi connectivity index (χ1n) is 8.03. The number of ether oxygens (including phenoxy) is 1. The first kappa shape index (κ1) is 14.5. The molecule has 0 amide bonds. The molecule has 25 heavy (non-hydrogen) atoms. The number of cyclic esters (lactones) is 1. The summed E-state index contributed by atoms with van der Waals surface area (Å²) in [7, 11) is 0. The van der Waals surface area contributed by atoms with Gasteiger partial charge in [-0.2, -0.15) is 0 Å². The molecule has 122 valence electrons. The average molecular weight is 349 g/mol. The molecule has 1 aromatic heterocycles. The molecule has 3 heterocycles. The van der Waals surface area contributed by atoms with Crippen molar-refractivity contribution < 1.29 is 9.53 Å². The molecule has 5 heteroatoms. The number of rotatable bonds is 1. The fourth-order valence-electron chi connectivity index (χ4n) is 3.47. The molecule has 2 aromatic carbocycles. The summed E-state index contributed by atoms with van der Waals surface area (Å²) in [6.07, 6.45) is 2.02. The molecule has 0 saturated carbocycles. The van der Waals surface area contributed by atoms with E-state index in [2.05, 4.69) is 10.6 Å². The summed E-state index contributed by atoms with van der Waals surface area (Å²) in [5.41, 5.74) is 6.47. The van der Waals surface area contributed by atoms with Crippen LogP contribution in [0, 0.1) is 0 Å². The van der Waals surface area contributed by atoms with Crippen LogP contribution in [0.15, 0.2) is 59.7 Å². The lowest BCUT2D eigenvalue weighted by Crippen LogP contribution is -2.09. The van der Waals surface area contributed by atoms with Crippen molar-refractivity contribution in [2.75, 3.05) is 0 Å². The largest absolute Gasteiger partial charge is 0.457 e. The van der Waals surface area contributed by atoms with Crippen molar-refractivity contribution in [1.82, 2.24) is 4.57 Å². The molecule has 0 unspecified atom stereocenters. The van der Waals surface area contributed by atoms with Crippen LogP contribution in [0.25, 0.3) is 5.69 Å². The van der Waals surface area contributed by atoms with E-state index in [4.69, 9.17) is 21.3 Å². The Balaban J connectivity index is 1.69. The van der Waals surface area contributed by atoms with Gasteiger partial charge in [-0.3, -0.25) is 4.99 Å². The number of aromatic nitrogens is 1. The van der Waals surface area contributed by atoms with Gasteiger partial charge in [0.25, 0.3) is 0 Å².